The Kier molecular flexibility index (Phi) is 3.94. The first-order valence-corrected chi connectivity index (χ1v) is 7.51. The number of aliphatic hydroxyl groups excluding tert-OH is 1. The third-order valence-electron chi connectivity index (χ3n) is 4.18. The summed E-state index contributed by atoms with van der Waals surface area (Å²) in [5.41, 5.74) is 2.30. The number of hydrogen-bond donors (Lipinski definition) is 1. The highest BCUT2D eigenvalue weighted by Crippen LogP contribution is 2.18. The summed E-state index contributed by atoms with van der Waals surface area (Å²) < 4.78 is 1.60. The molecule has 3 rings (SSSR count). The quantitative estimate of drug-likeness (QED) is 0.910. The predicted molar refractivity (Wildman–Crippen MR) is 81.8 cm³/mol. The second-order valence-electron chi connectivity index (χ2n) is 5.97. The van der Waals surface area contributed by atoms with Crippen LogP contribution in [-0.2, 0) is 0 Å². The van der Waals surface area contributed by atoms with Crippen molar-refractivity contribution in [3.8, 4) is 5.69 Å². The van der Waals surface area contributed by atoms with Gasteiger partial charge in [-0.25, -0.2) is 4.68 Å². The second kappa shape index (κ2) is 5.88. The van der Waals surface area contributed by atoms with Crippen LogP contribution in [0.4, 0.5) is 0 Å². The molecule has 0 spiro atoms. The van der Waals surface area contributed by atoms with Crippen LogP contribution >= 0.6 is 0 Å². The molecule has 0 radical (unpaired) electrons. The molecule has 22 heavy (non-hydrogen) atoms. The molecule has 6 heteroatoms. The molecule has 1 aliphatic heterocycles. The highest BCUT2D eigenvalue weighted by molar-refractivity contribution is 5.92. The van der Waals surface area contributed by atoms with Crippen molar-refractivity contribution in [2.45, 2.75) is 26.4 Å². The zero-order valence-electron chi connectivity index (χ0n) is 12.8. The number of aliphatic hydroxyl groups is 1. The van der Waals surface area contributed by atoms with E-state index in [0.717, 1.165) is 17.7 Å². The molecule has 2 unspecified atom stereocenters. The number of nitrogens with zero attached hydrogens (tertiary/aromatic N) is 4. The highest BCUT2D eigenvalue weighted by Gasteiger charge is 2.29. The summed E-state index contributed by atoms with van der Waals surface area (Å²) in [6.07, 6.45) is 1.98. The van der Waals surface area contributed by atoms with Gasteiger partial charge in [0, 0.05) is 13.1 Å². The maximum atomic E-state index is 12.5. The summed E-state index contributed by atoms with van der Waals surface area (Å²) in [5, 5.41) is 17.9. The molecule has 1 aromatic carbocycles. The van der Waals surface area contributed by atoms with Crippen LogP contribution in [-0.4, -0.2) is 50.1 Å². The van der Waals surface area contributed by atoms with Crippen LogP contribution in [0.25, 0.3) is 5.69 Å². The van der Waals surface area contributed by atoms with Crippen molar-refractivity contribution >= 4 is 5.91 Å². The maximum absolute atomic E-state index is 12.5. The van der Waals surface area contributed by atoms with Crippen LogP contribution in [0.3, 0.4) is 0 Å². The number of benzene rings is 1. The van der Waals surface area contributed by atoms with Gasteiger partial charge in [-0.3, -0.25) is 4.79 Å². The maximum Gasteiger partial charge on any atom is 0.276 e. The minimum Gasteiger partial charge on any atom is -0.391 e. The van der Waals surface area contributed by atoms with E-state index in [1.54, 1.807) is 15.8 Å². The smallest absolute Gasteiger partial charge is 0.276 e. The number of carbonyl (C=O) groups is 1. The summed E-state index contributed by atoms with van der Waals surface area (Å²) in [5.74, 6) is 0.0527. The third kappa shape index (κ3) is 2.87. The lowest BCUT2D eigenvalue weighted by molar-refractivity contribution is 0.0245. The van der Waals surface area contributed by atoms with Gasteiger partial charge in [0.25, 0.3) is 5.91 Å². The fraction of sp³-hybridized carbons (Fsp3) is 0.438. The minimum atomic E-state index is -0.468. The number of carbonyl (C=O) groups excluding carboxylic acids is 1. The van der Waals surface area contributed by atoms with Crippen LogP contribution in [0.5, 0.6) is 0 Å². The average Bonchev–Trinajstić information content (AvgIpc) is 2.99. The fourth-order valence-corrected chi connectivity index (χ4v) is 2.65. The first kappa shape index (κ1) is 14.7. The molecule has 6 nitrogen and oxygen atoms in total. The highest BCUT2D eigenvalue weighted by atomic mass is 16.3. The molecule has 0 saturated carbocycles. The van der Waals surface area contributed by atoms with E-state index >= 15 is 0 Å². The topological polar surface area (TPSA) is 71.2 Å². The fourth-order valence-electron chi connectivity index (χ4n) is 2.65. The monoisotopic (exact) mass is 300 g/mol. The van der Waals surface area contributed by atoms with Crippen molar-refractivity contribution in [2.75, 3.05) is 13.1 Å². The van der Waals surface area contributed by atoms with Gasteiger partial charge in [-0.2, -0.15) is 0 Å². The first-order chi connectivity index (χ1) is 10.5. The number of likely N-dealkylation sites (tertiary alicyclic amines) is 1. The van der Waals surface area contributed by atoms with Gasteiger partial charge in [-0.15, -0.1) is 5.10 Å². The minimum absolute atomic E-state index is 0.176. The normalized spacial score (nSPS) is 21.9. The number of amides is 1. The Hall–Kier alpha value is -2.21. The van der Waals surface area contributed by atoms with E-state index in [2.05, 4.69) is 10.3 Å². The summed E-state index contributed by atoms with van der Waals surface area (Å²) >= 11 is 0. The Morgan fingerprint density at radius 3 is 2.95 bits per heavy atom. The Bertz CT molecular complexity index is 682. The van der Waals surface area contributed by atoms with E-state index in [9.17, 15) is 9.90 Å². The summed E-state index contributed by atoms with van der Waals surface area (Å²) in [6, 6.07) is 7.84. The predicted octanol–water partition coefficient (Wildman–Crippen LogP) is 1.42. The van der Waals surface area contributed by atoms with Gasteiger partial charge >= 0.3 is 0 Å². The number of aromatic nitrogens is 3. The van der Waals surface area contributed by atoms with Crippen molar-refractivity contribution in [2.24, 2.45) is 5.92 Å². The lowest BCUT2D eigenvalue weighted by Crippen LogP contribution is -2.45. The molecule has 2 heterocycles. The van der Waals surface area contributed by atoms with E-state index in [0.29, 0.717) is 18.8 Å². The van der Waals surface area contributed by atoms with E-state index in [4.69, 9.17) is 0 Å². The Labute approximate surface area is 129 Å². The van der Waals surface area contributed by atoms with E-state index in [1.807, 2.05) is 38.1 Å². The van der Waals surface area contributed by atoms with Crippen LogP contribution in [0.2, 0.25) is 0 Å². The van der Waals surface area contributed by atoms with Gasteiger partial charge in [0.2, 0.25) is 0 Å². The van der Waals surface area contributed by atoms with Crippen molar-refractivity contribution in [3.05, 3.63) is 41.7 Å². The molecular weight excluding hydrogens is 280 g/mol. The largest absolute Gasteiger partial charge is 0.391 e. The lowest BCUT2D eigenvalue weighted by Gasteiger charge is -2.33. The summed E-state index contributed by atoms with van der Waals surface area (Å²) in [6.45, 7) is 5.01. The second-order valence-corrected chi connectivity index (χ2v) is 5.97. The lowest BCUT2D eigenvalue weighted by atomic mass is 9.96. The summed E-state index contributed by atoms with van der Waals surface area (Å²) in [4.78, 5) is 14.1. The molecule has 1 aliphatic rings. The molecule has 1 saturated heterocycles. The van der Waals surface area contributed by atoms with Gasteiger partial charge in [-0.05, 0) is 37.0 Å². The SMILES string of the molecule is Cc1cccc(-n2cc(C(=O)N3CCC(C)C(O)C3)nn2)c1. The number of β-amino-alcohol motifs (C(OH)–C–C–N with tert-alkyl or cyclic N) is 1. The van der Waals surface area contributed by atoms with Crippen LogP contribution in [0.1, 0.15) is 29.4 Å². The van der Waals surface area contributed by atoms with Crippen molar-refractivity contribution < 1.29 is 9.90 Å². The number of aryl methyl sites for hydroxylation is 1. The van der Waals surface area contributed by atoms with Crippen molar-refractivity contribution in [1.29, 1.82) is 0 Å². The van der Waals surface area contributed by atoms with Crippen molar-refractivity contribution in [1.82, 2.24) is 19.9 Å². The number of hydrogen-bond acceptors (Lipinski definition) is 4. The van der Waals surface area contributed by atoms with E-state index < -0.39 is 6.10 Å². The standard InChI is InChI=1S/C16H20N4O2/c1-11-4-3-5-13(8-11)20-9-14(17-18-20)16(22)19-7-6-12(2)15(21)10-19/h3-5,8-9,12,15,21H,6-7,10H2,1-2H3. The number of rotatable bonds is 2. The average molecular weight is 300 g/mol. The molecule has 1 amide bonds. The molecule has 2 aromatic rings. The zero-order chi connectivity index (χ0) is 15.7. The van der Waals surface area contributed by atoms with Gasteiger partial charge in [0.05, 0.1) is 18.0 Å². The molecule has 2 atom stereocenters. The Morgan fingerprint density at radius 2 is 2.23 bits per heavy atom. The Morgan fingerprint density at radius 1 is 1.41 bits per heavy atom. The Balaban J connectivity index is 1.77. The van der Waals surface area contributed by atoms with Crippen LogP contribution in [0, 0.1) is 12.8 Å². The molecule has 0 bridgehead atoms. The third-order valence-corrected chi connectivity index (χ3v) is 4.18. The van der Waals surface area contributed by atoms with E-state index in [1.165, 1.54) is 0 Å². The van der Waals surface area contributed by atoms with Gasteiger partial charge in [0.1, 0.15) is 0 Å². The number of piperidine rings is 1. The molecule has 116 valence electrons. The van der Waals surface area contributed by atoms with Gasteiger partial charge < -0.3 is 10.0 Å². The molecule has 1 fully saturated rings. The van der Waals surface area contributed by atoms with Crippen molar-refractivity contribution in [3.63, 3.8) is 0 Å². The molecule has 0 aliphatic carbocycles. The zero-order valence-corrected chi connectivity index (χ0v) is 12.8. The molecular formula is C16H20N4O2. The molecule has 1 N–H and O–H groups in total. The first-order valence-electron chi connectivity index (χ1n) is 7.51. The van der Waals surface area contributed by atoms with E-state index in [-0.39, 0.29) is 11.8 Å². The van der Waals surface area contributed by atoms with Gasteiger partial charge in [-0.1, -0.05) is 24.3 Å². The van der Waals surface area contributed by atoms with Crippen LogP contribution in [0.15, 0.2) is 30.5 Å². The summed E-state index contributed by atoms with van der Waals surface area (Å²) in [7, 11) is 0. The van der Waals surface area contributed by atoms with Gasteiger partial charge in [0.15, 0.2) is 5.69 Å². The molecule has 1 aromatic heterocycles. The van der Waals surface area contributed by atoms with Crippen LogP contribution < -0.4 is 0 Å².